The van der Waals surface area contributed by atoms with Crippen molar-refractivity contribution in [3.8, 4) is 11.5 Å². The first-order chi connectivity index (χ1) is 16.0. The molecule has 33 heavy (non-hydrogen) atoms. The van der Waals surface area contributed by atoms with Gasteiger partial charge >= 0.3 is 0 Å². The van der Waals surface area contributed by atoms with E-state index in [0.29, 0.717) is 18.0 Å². The first-order valence-electron chi connectivity index (χ1n) is 11.1. The van der Waals surface area contributed by atoms with Gasteiger partial charge in [0.25, 0.3) is 0 Å². The Labute approximate surface area is 194 Å². The first-order valence-corrected chi connectivity index (χ1v) is 11.1. The first kappa shape index (κ1) is 24.1. The lowest BCUT2D eigenvalue weighted by Crippen LogP contribution is -2.46. The van der Waals surface area contributed by atoms with Gasteiger partial charge in [0.05, 0.1) is 32.6 Å². The van der Waals surface area contributed by atoms with Gasteiger partial charge in [0, 0.05) is 13.0 Å². The number of nitrogens with zero attached hydrogens (tertiary/aromatic N) is 1. The van der Waals surface area contributed by atoms with E-state index in [1.165, 1.54) is 0 Å². The summed E-state index contributed by atoms with van der Waals surface area (Å²) in [5, 5.41) is 0. The number of rotatable bonds is 9. The third-order valence-corrected chi connectivity index (χ3v) is 5.83. The molecular weight excluding hydrogens is 422 g/mol. The van der Waals surface area contributed by atoms with Crippen LogP contribution in [0.3, 0.4) is 0 Å². The number of carbonyl (C=O) groups is 3. The third-order valence-electron chi connectivity index (χ3n) is 5.83. The summed E-state index contributed by atoms with van der Waals surface area (Å²) in [6.07, 6.45) is 2.00. The van der Waals surface area contributed by atoms with Crippen LogP contribution in [0.5, 0.6) is 11.5 Å². The minimum atomic E-state index is -0.607. The zero-order valence-corrected chi connectivity index (χ0v) is 19.3. The molecule has 0 aliphatic carbocycles. The van der Waals surface area contributed by atoms with Gasteiger partial charge in [-0.1, -0.05) is 37.6 Å². The van der Waals surface area contributed by atoms with Crippen LogP contribution in [0, 0.1) is 5.92 Å². The summed E-state index contributed by atoms with van der Waals surface area (Å²) in [7, 11) is 3.17. The second-order valence-corrected chi connectivity index (χ2v) is 8.03. The fourth-order valence-corrected chi connectivity index (χ4v) is 4.03. The van der Waals surface area contributed by atoms with Crippen LogP contribution in [-0.2, 0) is 20.8 Å². The van der Waals surface area contributed by atoms with Crippen LogP contribution < -0.4 is 20.3 Å². The number of amides is 3. The van der Waals surface area contributed by atoms with Crippen LogP contribution in [0.1, 0.15) is 43.4 Å². The highest BCUT2D eigenvalue weighted by Crippen LogP contribution is 2.39. The highest BCUT2D eigenvalue weighted by atomic mass is 16.5. The molecule has 0 saturated carbocycles. The molecule has 0 spiro atoms. The Morgan fingerprint density at radius 1 is 0.970 bits per heavy atom. The molecule has 176 valence electrons. The molecule has 0 bridgehead atoms. The van der Waals surface area contributed by atoms with E-state index in [4.69, 9.17) is 9.47 Å². The average molecular weight is 454 g/mol. The molecule has 0 radical (unpaired) electrons. The molecule has 1 aliphatic heterocycles. The maximum absolute atomic E-state index is 13.0. The molecule has 2 unspecified atom stereocenters. The third kappa shape index (κ3) is 6.03. The lowest BCUT2D eigenvalue weighted by Gasteiger charge is -2.28. The lowest BCUT2D eigenvalue weighted by molar-refractivity contribution is -0.131. The fourth-order valence-electron chi connectivity index (χ4n) is 4.03. The predicted molar refractivity (Wildman–Crippen MR) is 123 cm³/mol. The molecule has 1 heterocycles. The second kappa shape index (κ2) is 11.4. The second-order valence-electron chi connectivity index (χ2n) is 8.03. The molecule has 1 aliphatic rings. The SMILES string of the molecule is CCCCN1C(=O)CC(C(=O)NNC(=O)Cc2ccc(OC)cc2)C1c1ccc(OC)cc1. The summed E-state index contributed by atoms with van der Waals surface area (Å²) in [5.41, 5.74) is 6.66. The van der Waals surface area contributed by atoms with Crippen molar-refractivity contribution in [3.05, 3.63) is 59.7 Å². The Morgan fingerprint density at radius 3 is 2.15 bits per heavy atom. The van der Waals surface area contributed by atoms with Crippen molar-refractivity contribution in [3.63, 3.8) is 0 Å². The highest BCUT2D eigenvalue weighted by molar-refractivity contribution is 5.91. The van der Waals surface area contributed by atoms with Crippen molar-refractivity contribution in [2.45, 2.75) is 38.6 Å². The van der Waals surface area contributed by atoms with Crippen LogP contribution in [0.2, 0.25) is 0 Å². The number of carbonyl (C=O) groups excluding carboxylic acids is 3. The van der Waals surface area contributed by atoms with E-state index in [-0.39, 0.29) is 30.6 Å². The molecule has 0 aromatic heterocycles. The zero-order valence-electron chi connectivity index (χ0n) is 19.3. The maximum Gasteiger partial charge on any atom is 0.244 e. The van der Waals surface area contributed by atoms with Crippen LogP contribution in [0.25, 0.3) is 0 Å². The van der Waals surface area contributed by atoms with Crippen molar-refractivity contribution in [2.75, 3.05) is 20.8 Å². The number of unbranched alkanes of at least 4 members (excludes halogenated alkanes) is 1. The van der Waals surface area contributed by atoms with Gasteiger partial charge in [-0.15, -0.1) is 0 Å². The molecule has 2 aromatic carbocycles. The topological polar surface area (TPSA) is 97.0 Å². The largest absolute Gasteiger partial charge is 0.497 e. The van der Waals surface area contributed by atoms with E-state index in [9.17, 15) is 14.4 Å². The summed E-state index contributed by atoms with van der Waals surface area (Å²) >= 11 is 0. The van der Waals surface area contributed by atoms with Gasteiger partial charge in [-0.3, -0.25) is 25.2 Å². The van der Waals surface area contributed by atoms with Gasteiger partial charge in [-0.25, -0.2) is 0 Å². The lowest BCUT2D eigenvalue weighted by atomic mass is 9.93. The Hall–Kier alpha value is -3.55. The van der Waals surface area contributed by atoms with E-state index in [1.54, 1.807) is 43.4 Å². The fraction of sp³-hybridized carbons (Fsp3) is 0.400. The molecule has 8 nitrogen and oxygen atoms in total. The molecule has 2 N–H and O–H groups in total. The van der Waals surface area contributed by atoms with E-state index in [2.05, 4.69) is 17.8 Å². The summed E-state index contributed by atoms with van der Waals surface area (Å²) in [6.45, 7) is 2.64. The van der Waals surface area contributed by atoms with E-state index in [1.807, 2.05) is 24.3 Å². The Kier molecular flexibility index (Phi) is 8.29. The quantitative estimate of drug-likeness (QED) is 0.569. The molecule has 3 rings (SSSR count). The minimum Gasteiger partial charge on any atom is -0.497 e. The molecule has 2 aromatic rings. The van der Waals surface area contributed by atoms with Gasteiger partial charge in [0.15, 0.2) is 0 Å². The molecule has 1 fully saturated rings. The number of likely N-dealkylation sites (tertiary alicyclic amines) is 1. The summed E-state index contributed by atoms with van der Waals surface area (Å²) in [6, 6.07) is 14.1. The normalized spacial score (nSPS) is 17.5. The average Bonchev–Trinajstić information content (AvgIpc) is 3.17. The van der Waals surface area contributed by atoms with Crippen molar-refractivity contribution in [1.82, 2.24) is 15.8 Å². The smallest absolute Gasteiger partial charge is 0.244 e. The maximum atomic E-state index is 13.0. The Balaban J connectivity index is 1.67. The molecule has 3 amide bonds. The van der Waals surface area contributed by atoms with Crippen LogP contribution in [0.15, 0.2) is 48.5 Å². The van der Waals surface area contributed by atoms with Gasteiger partial charge in [0.2, 0.25) is 17.7 Å². The molecule has 8 heteroatoms. The van der Waals surface area contributed by atoms with E-state index in [0.717, 1.165) is 24.0 Å². The van der Waals surface area contributed by atoms with Gasteiger partial charge in [-0.2, -0.15) is 0 Å². The van der Waals surface area contributed by atoms with Crippen LogP contribution >= 0.6 is 0 Å². The number of benzene rings is 2. The minimum absolute atomic E-state index is 0.0611. The monoisotopic (exact) mass is 453 g/mol. The van der Waals surface area contributed by atoms with Crippen molar-refractivity contribution < 1.29 is 23.9 Å². The van der Waals surface area contributed by atoms with Crippen molar-refractivity contribution >= 4 is 17.7 Å². The van der Waals surface area contributed by atoms with Crippen molar-refractivity contribution in [1.29, 1.82) is 0 Å². The number of hydrogen-bond donors (Lipinski definition) is 2. The molecule has 1 saturated heterocycles. The Morgan fingerprint density at radius 2 is 1.58 bits per heavy atom. The van der Waals surface area contributed by atoms with Gasteiger partial charge < -0.3 is 14.4 Å². The number of methoxy groups -OCH3 is 2. The highest BCUT2D eigenvalue weighted by Gasteiger charge is 2.44. The summed E-state index contributed by atoms with van der Waals surface area (Å²) in [5.74, 6) is 0.0106. The number of hydrogen-bond acceptors (Lipinski definition) is 5. The Bertz CT molecular complexity index is 959. The summed E-state index contributed by atoms with van der Waals surface area (Å²) in [4.78, 5) is 39.9. The van der Waals surface area contributed by atoms with Crippen molar-refractivity contribution in [2.24, 2.45) is 5.92 Å². The number of ether oxygens (including phenoxy) is 2. The number of hydrazine groups is 1. The number of nitrogens with one attached hydrogen (secondary N) is 2. The van der Waals surface area contributed by atoms with Crippen LogP contribution in [0.4, 0.5) is 0 Å². The molecule has 2 atom stereocenters. The summed E-state index contributed by atoms with van der Waals surface area (Å²) < 4.78 is 10.3. The zero-order chi connectivity index (χ0) is 23.8. The molecular formula is C25H31N3O5. The van der Waals surface area contributed by atoms with Gasteiger partial charge in [-0.05, 0) is 41.8 Å². The van der Waals surface area contributed by atoms with E-state index >= 15 is 0 Å². The van der Waals surface area contributed by atoms with Crippen LogP contribution in [-0.4, -0.2) is 43.4 Å². The predicted octanol–water partition coefficient (Wildman–Crippen LogP) is 2.78. The van der Waals surface area contributed by atoms with Gasteiger partial charge in [0.1, 0.15) is 11.5 Å². The standard InChI is InChI=1S/C25H31N3O5/c1-4-5-14-28-23(30)16-21(24(28)18-8-12-20(33-3)13-9-18)25(31)27-26-22(29)15-17-6-10-19(32-2)11-7-17/h6-13,21,24H,4-5,14-16H2,1-3H3,(H,26,29)(H,27,31). The van der Waals surface area contributed by atoms with E-state index < -0.39 is 12.0 Å².